The maximum atomic E-state index is 11.3. The van der Waals surface area contributed by atoms with Crippen LogP contribution in [0.3, 0.4) is 0 Å². The number of hydrogen-bond acceptors (Lipinski definition) is 4. The molecule has 5 heteroatoms. The highest BCUT2D eigenvalue weighted by Crippen LogP contribution is 2.02. The zero-order valence-corrected chi connectivity index (χ0v) is 7.73. The molecular formula is C9H10N2O3. The zero-order chi connectivity index (χ0) is 10.6. The molecule has 1 rings (SSSR count). The number of aryl methyl sites for hydroxylation is 1. The first-order valence-electron chi connectivity index (χ1n) is 4.15. The van der Waals surface area contributed by atoms with Crippen LogP contribution < -0.4 is 0 Å². The molecule has 1 aromatic heterocycles. The Labute approximate surface area is 80.8 Å². The summed E-state index contributed by atoms with van der Waals surface area (Å²) in [6.45, 7) is 1.76. The normalized spacial score (nSPS) is 9.79. The Bertz CT molecular complexity index is 346. The minimum absolute atomic E-state index is 0.0346. The van der Waals surface area contributed by atoms with E-state index in [4.69, 9.17) is 5.11 Å². The number of aliphatic carboxylic acids is 1. The van der Waals surface area contributed by atoms with Gasteiger partial charge in [0.25, 0.3) is 0 Å². The quantitative estimate of drug-likeness (QED) is 0.718. The number of rotatable bonds is 4. The first-order valence-corrected chi connectivity index (χ1v) is 4.15. The van der Waals surface area contributed by atoms with Crippen molar-refractivity contribution in [2.75, 3.05) is 0 Å². The Morgan fingerprint density at radius 1 is 1.29 bits per heavy atom. The second-order valence-electron chi connectivity index (χ2n) is 2.88. The fourth-order valence-electron chi connectivity index (χ4n) is 0.896. The number of ketones is 1. The Hall–Kier alpha value is -1.78. The molecule has 1 heterocycles. The van der Waals surface area contributed by atoms with E-state index in [1.54, 1.807) is 19.1 Å². The molecule has 0 radical (unpaired) electrons. The highest BCUT2D eigenvalue weighted by atomic mass is 16.4. The van der Waals surface area contributed by atoms with E-state index in [-0.39, 0.29) is 24.3 Å². The van der Waals surface area contributed by atoms with E-state index >= 15 is 0 Å². The molecule has 0 fully saturated rings. The SMILES string of the molecule is Cc1ccc(C(=O)CCC(=O)O)nn1. The number of carbonyl (C=O) groups excluding carboxylic acids is 1. The predicted octanol–water partition coefficient (Wildman–Crippen LogP) is 0.833. The van der Waals surface area contributed by atoms with Gasteiger partial charge in [-0.15, -0.1) is 5.10 Å². The van der Waals surface area contributed by atoms with Gasteiger partial charge in [-0.25, -0.2) is 0 Å². The Balaban J connectivity index is 2.61. The molecule has 0 amide bonds. The van der Waals surface area contributed by atoms with Crippen LogP contribution in [0.5, 0.6) is 0 Å². The summed E-state index contributed by atoms with van der Waals surface area (Å²) in [6, 6.07) is 3.22. The lowest BCUT2D eigenvalue weighted by molar-refractivity contribution is -0.136. The van der Waals surface area contributed by atoms with E-state index in [9.17, 15) is 9.59 Å². The molecule has 0 bridgehead atoms. The van der Waals surface area contributed by atoms with E-state index in [0.29, 0.717) is 0 Å². The van der Waals surface area contributed by atoms with Crippen LogP contribution in [0, 0.1) is 6.92 Å². The van der Waals surface area contributed by atoms with Crippen molar-refractivity contribution in [2.24, 2.45) is 0 Å². The Morgan fingerprint density at radius 2 is 2.00 bits per heavy atom. The zero-order valence-electron chi connectivity index (χ0n) is 7.73. The molecule has 0 aliphatic carbocycles. The number of hydrogen-bond donors (Lipinski definition) is 1. The van der Waals surface area contributed by atoms with Crippen molar-refractivity contribution in [3.8, 4) is 0 Å². The molecule has 0 saturated carbocycles. The summed E-state index contributed by atoms with van der Waals surface area (Å²) in [5, 5.41) is 15.7. The molecule has 5 nitrogen and oxygen atoms in total. The summed E-state index contributed by atoms with van der Waals surface area (Å²) in [6.07, 6.45) is -0.207. The average Bonchev–Trinajstić information content (AvgIpc) is 2.15. The molecule has 1 N–H and O–H groups in total. The topological polar surface area (TPSA) is 80.2 Å². The lowest BCUT2D eigenvalue weighted by Crippen LogP contribution is -2.06. The second-order valence-corrected chi connectivity index (χ2v) is 2.88. The molecule has 0 aromatic carbocycles. The molecule has 14 heavy (non-hydrogen) atoms. The van der Waals surface area contributed by atoms with E-state index in [0.717, 1.165) is 5.69 Å². The third kappa shape index (κ3) is 2.93. The van der Waals surface area contributed by atoms with Crippen LogP contribution >= 0.6 is 0 Å². The van der Waals surface area contributed by atoms with Crippen molar-refractivity contribution in [2.45, 2.75) is 19.8 Å². The van der Waals surface area contributed by atoms with Crippen molar-refractivity contribution in [3.05, 3.63) is 23.5 Å². The molecule has 74 valence electrons. The minimum Gasteiger partial charge on any atom is -0.481 e. The predicted molar refractivity (Wildman–Crippen MR) is 48.0 cm³/mol. The van der Waals surface area contributed by atoms with Gasteiger partial charge in [0.05, 0.1) is 12.1 Å². The second kappa shape index (κ2) is 4.45. The van der Waals surface area contributed by atoms with Crippen LogP contribution in [-0.4, -0.2) is 27.1 Å². The fraction of sp³-hybridized carbons (Fsp3) is 0.333. The monoisotopic (exact) mass is 194 g/mol. The van der Waals surface area contributed by atoms with Gasteiger partial charge in [0.15, 0.2) is 5.78 Å². The molecule has 0 aliphatic heterocycles. The van der Waals surface area contributed by atoms with Gasteiger partial charge in [0.2, 0.25) is 0 Å². The molecule has 1 aromatic rings. The summed E-state index contributed by atoms with van der Waals surface area (Å²) in [7, 11) is 0. The summed E-state index contributed by atoms with van der Waals surface area (Å²) in [4.78, 5) is 21.5. The number of Topliss-reactive ketones (excluding diaryl/α,β-unsaturated/α-hetero) is 1. The summed E-state index contributed by atoms with van der Waals surface area (Å²) in [5.41, 5.74) is 0.941. The van der Waals surface area contributed by atoms with E-state index in [1.165, 1.54) is 0 Å². The van der Waals surface area contributed by atoms with Crippen molar-refractivity contribution in [1.29, 1.82) is 0 Å². The summed E-state index contributed by atoms with van der Waals surface area (Å²) >= 11 is 0. The third-order valence-corrected chi connectivity index (χ3v) is 1.65. The third-order valence-electron chi connectivity index (χ3n) is 1.65. The van der Waals surface area contributed by atoms with Crippen LogP contribution in [0.1, 0.15) is 29.0 Å². The largest absolute Gasteiger partial charge is 0.481 e. The maximum absolute atomic E-state index is 11.3. The van der Waals surface area contributed by atoms with Gasteiger partial charge in [-0.3, -0.25) is 9.59 Å². The lowest BCUT2D eigenvalue weighted by Gasteiger charge is -1.97. The van der Waals surface area contributed by atoms with E-state index < -0.39 is 5.97 Å². The molecule has 0 spiro atoms. The molecule has 0 atom stereocenters. The molecule has 0 unspecified atom stereocenters. The number of carboxylic acids is 1. The summed E-state index contributed by atoms with van der Waals surface area (Å²) < 4.78 is 0. The number of carbonyl (C=O) groups is 2. The van der Waals surface area contributed by atoms with Gasteiger partial charge in [-0.1, -0.05) is 0 Å². The van der Waals surface area contributed by atoms with Crippen molar-refractivity contribution >= 4 is 11.8 Å². The highest BCUT2D eigenvalue weighted by molar-refractivity contribution is 5.95. The van der Waals surface area contributed by atoms with Crippen molar-refractivity contribution < 1.29 is 14.7 Å². The van der Waals surface area contributed by atoms with Crippen LogP contribution in [-0.2, 0) is 4.79 Å². The molecule has 0 aliphatic rings. The first-order chi connectivity index (χ1) is 6.59. The van der Waals surface area contributed by atoms with E-state index in [1.807, 2.05) is 0 Å². The van der Waals surface area contributed by atoms with Gasteiger partial charge in [0, 0.05) is 6.42 Å². The standard InChI is InChI=1S/C9H10N2O3/c1-6-2-3-7(11-10-6)8(12)4-5-9(13)14/h2-3H,4-5H2,1H3,(H,13,14). The number of aromatic nitrogens is 2. The fourth-order valence-corrected chi connectivity index (χ4v) is 0.896. The Kier molecular flexibility index (Phi) is 3.28. The average molecular weight is 194 g/mol. The number of carboxylic acid groups (broad SMARTS) is 1. The van der Waals surface area contributed by atoms with Gasteiger partial charge < -0.3 is 5.11 Å². The smallest absolute Gasteiger partial charge is 0.303 e. The lowest BCUT2D eigenvalue weighted by atomic mass is 10.1. The van der Waals surface area contributed by atoms with Crippen LogP contribution in [0.4, 0.5) is 0 Å². The van der Waals surface area contributed by atoms with Gasteiger partial charge in [0.1, 0.15) is 5.69 Å². The first kappa shape index (κ1) is 10.3. The van der Waals surface area contributed by atoms with Gasteiger partial charge in [-0.2, -0.15) is 5.10 Å². The highest BCUT2D eigenvalue weighted by Gasteiger charge is 2.09. The van der Waals surface area contributed by atoms with E-state index in [2.05, 4.69) is 10.2 Å². The van der Waals surface area contributed by atoms with Gasteiger partial charge in [-0.05, 0) is 19.1 Å². The number of nitrogens with zero attached hydrogens (tertiary/aromatic N) is 2. The van der Waals surface area contributed by atoms with Crippen LogP contribution in [0.25, 0.3) is 0 Å². The Morgan fingerprint density at radius 3 is 2.50 bits per heavy atom. The minimum atomic E-state index is -0.988. The van der Waals surface area contributed by atoms with Crippen LogP contribution in [0.15, 0.2) is 12.1 Å². The van der Waals surface area contributed by atoms with Crippen molar-refractivity contribution in [3.63, 3.8) is 0 Å². The maximum Gasteiger partial charge on any atom is 0.303 e. The molecular weight excluding hydrogens is 184 g/mol. The van der Waals surface area contributed by atoms with Gasteiger partial charge >= 0.3 is 5.97 Å². The van der Waals surface area contributed by atoms with Crippen LogP contribution in [0.2, 0.25) is 0 Å². The van der Waals surface area contributed by atoms with Crippen molar-refractivity contribution in [1.82, 2.24) is 10.2 Å². The summed E-state index contributed by atoms with van der Waals surface area (Å²) in [5.74, 6) is -1.28. The molecule has 0 saturated heterocycles.